The van der Waals surface area contributed by atoms with Crippen LogP contribution in [0.5, 0.6) is 0 Å². The average molecular weight is 320 g/mol. The molecule has 0 aliphatic heterocycles. The Morgan fingerprint density at radius 2 is 2.23 bits per heavy atom. The van der Waals surface area contributed by atoms with Crippen molar-refractivity contribution >= 4 is 22.5 Å². The second-order valence-corrected chi connectivity index (χ2v) is 6.60. The lowest BCUT2D eigenvalue weighted by atomic mass is 10.1. The van der Waals surface area contributed by atoms with E-state index in [1.807, 2.05) is 10.8 Å². The van der Waals surface area contributed by atoms with Crippen molar-refractivity contribution in [2.24, 2.45) is 5.92 Å². The molecule has 0 saturated heterocycles. The Balaban J connectivity index is 1.40. The number of amides is 2. The molecule has 0 radical (unpaired) electrons. The van der Waals surface area contributed by atoms with Crippen LogP contribution in [-0.4, -0.2) is 32.3 Å². The van der Waals surface area contributed by atoms with Crippen LogP contribution in [-0.2, 0) is 13.0 Å². The van der Waals surface area contributed by atoms with Gasteiger partial charge in [-0.25, -0.2) is 9.78 Å². The fourth-order valence-corrected chi connectivity index (χ4v) is 3.56. The second-order valence-electron chi connectivity index (χ2n) is 5.54. The Morgan fingerprint density at radius 3 is 3.00 bits per heavy atom. The Bertz CT molecular complexity index is 590. The second kappa shape index (κ2) is 7.35. The van der Waals surface area contributed by atoms with Gasteiger partial charge in [0.15, 0.2) is 0 Å². The summed E-state index contributed by atoms with van der Waals surface area (Å²) < 4.78 is 1.91. The first-order valence-electron chi connectivity index (χ1n) is 7.62. The number of urea groups is 1. The summed E-state index contributed by atoms with van der Waals surface area (Å²) in [5.74, 6) is 0.741. The zero-order chi connectivity index (χ0) is 15.2. The van der Waals surface area contributed by atoms with Gasteiger partial charge in [-0.3, -0.25) is 5.32 Å². The van der Waals surface area contributed by atoms with E-state index in [1.165, 1.54) is 37.0 Å². The molecule has 0 bridgehead atoms. The fourth-order valence-electron chi connectivity index (χ4n) is 2.71. The summed E-state index contributed by atoms with van der Waals surface area (Å²) in [4.78, 5) is 15.7. The van der Waals surface area contributed by atoms with Gasteiger partial charge in [-0.15, -0.1) is 10.2 Å². The molecule has 1 aliphatic rings. The molecule has 2 N–H and O–H groups in total. The van der Waals surface area contributed by atoms with Crippen molar-refractivity contribution in [3.05, 3.63) is 23.7 Å². The van der Waals surface area contributed by atoms with E-state index in [0.717, 1.165) is 17.3 Å². The van der Waals surface area contributed by atoms with Crippen LogP contribution in [0.2, 0.25) is 0 Å². The SMILES string of the molecule is O=C(NCCn1ccnc1)Nc1nnc(CC2CCCC2)s1. The van der Waals surface area contributed by atoms with Crippen LogP contribution >= 0.6 is 11.3 Å². The molecule has 2 aromatic rings. The van der Waals surface area contributed by atoms with Crippen LogP contribution in [0.25, 0.3) is 0 Å². The lowest BCUT2D eigenvalue weighted by molar-refractivity contribution is 0.251. The predicted molar refractivity (Wildman–Crippen MR) is 84.8 cm³/mol. The van der Waals surface area contributed by atoms with Gasteiger partial charge < -0.3 is 9.88 Å². The Labute approximate surface area is 133 Å². The molecule has 0 atom stereocenters. The Morgan fingerprint density at radius 1 is 1.36 bits per heavy atom. The van der Waals surface area contributed by atoms with Gasteiger partial charge >= 0.3 is 6.03 Å². The first kappa shape index (κ1) is 15.0. The van der Waals surface area contributed by atoms with Crippen molar-refractivity contribution < 1.29 is 4.79 Å². The summed E-state index contributed by atoms with van der Waals surface area (Å²) in [7, 11) is 0. The minimum Gasteiger partial charge on any atom is -0.336 e. The standard InChI is InChI=1S/C14H20N6OS/c21-13(16-6-8-20-7-5-15-10-20)17-14-19-18-12(22-14)9-11-3-1-2-4-11/h5,7,10-11H,1-4,6,8-9H2,(H2,16,17,19,21). The third-order valence-corrected chi connectivity index (χ3v) is 4.70. The summed E-state index contributed by atoms with van der Waals surface area (Å²) in [5.41, 5.74) is 0. The zero-order valence-corrected chi connectivity index (χ0v) is 13.2. The molecule has 2 heterocycles. The monoisotopic (exact) mass is 320 g/mol. The van der Waals surface area contributed by atoms with E-state index in [9.17, 15) is 4.79 Å². The molecule has 0 unspecified atom stereocenters. The van der Waals surface area contributed by atoms with Crippen LogP contribution in [0, 0.1) is 5.92 Å². The number of rotatable bonds is 6. The van der Waals surface area contributed by atoms with E-state index < -0.39 is 0 Å². The van der Waals surface area contributed by atoms with E-state index in [1.54, 1.807) is 12.5 Å². The number of carbonyl (C=O) groups excluding carboxylic acids is 1. The van der Waals surface area contributed by atoms with Crippen LogP contribution < -0.4 is 10.6 Å². The minimum absolute atomic E-state index is 0.247. The maximum Gasteiger partial charge on any atom is 0.321 e. The summed E-state index contributed by atoms with van der Waals surface area (Å²) in [6, 6.07) is -0.247. The van der Waals surface area contributed by atoms with Crippen molar-refractivity contribution in [2.75, 3.05) is 11.9 Å². The maximum atomic E-state index is 11.8. The zero-order valence-electron chi connectivity index (χ0n) is 12.4. The van der Waals surface area contributed by atoms with Crippen molar-refractivity contribution in [1.82, 2.24) is 25.1 Å². The highest BCUT2D eigenvalue weighted by molar-refractivity contribution is 7.15. The molecule has 1 saturated carbocycles. The molecular weight excluding hydrogens is 300 g/mol. The van der Waals surface area contributed by atoms with E-state index in [4.69, 9.17) is 0 Å². The summed E-state index contributed by atoms with van der Waals surface area (Å²) in [5, 5.41) is 15.3. The molecule has 2 amide bonds. The van der Waals surface area contributed by atoms with Gasteiger partial charge in [-0.1, -0.05) is 37.0 Å². The lowest BCUT2D eigenvalue weighted by Gasteiger charge is -2.05. The maximum absolute atomic E-state index is 11.8. The molecule has 8 heteroatoms. The number of anilines is 1. The Kier molecular flexibility index (Phi) is 4.99. The van der Waals surface area contributed by atoms with Gasteiger partial charge in [0, 0.05) is 31.9 Å². The van der Waals surface area contributed by atoms with Gasteiger partial charge in [0.1, 0.15) is 5.01 Å². The van der Waals surface area contributed by atoms with E-state index in [-0.39, 0.29) is 6.03 Å². The fraction of sp³-hybridized carbons (Fsp3) is 0.571. The average Bonchev–Trinajstić information content (AvgIpc) is 3.22. The van der Waals surface area contributed by atoms with E-state index >= 15 is 0 Å². The number of carbonyl (C=O) groups is 1. The van der Waals surface area contributed by atoms with Crippen LogP contribution in [0.4, 0.5) is 9.93 Å². The van der Waals surface area contributed by atoms with Crippen molar-refractivity contribution in [3.63, 3.8) is 0 Å². The van der Waals surface area contributed by atoms with Crippen molar-refractivity contribution in [1.29, 1.82) is 0 Å². The number of hydrogen-bond donors (Lipinski definition) is 2. The van der Waals surface area contributed by atoms with E-state index in [2.05, 4.69) is 25.8 Å². The van der Waals surface area contributed by atoms with Crippen LogP contribution in [0.3, 0.4) is 0 Å². The van der Waals surface area contributed by atoms with Gasteiger partial charge in [0.05, 0.1) is 6.33 Å². The largest absolute Gasteiger partial charge is 0.336 e. The molecular formula is C14H20N6OS. The highest BCUT2D eigenvalue weighted by Gasteiger charge is 2.18. The molecule has 7 nitrogen and oxygen atoms in total. The molecule has 1 fully saturated rings. The quantitative estimate of drug-likeness (QED) is 0.855. The highest BCUT2D eigenvalue weighted by Crippen LogP contribution is 2.29. The van der Waals surface area contributed by atoms with Crippen molar-refractivity contribution in [2.45, 2.75) is 38.6 Å². The smallest absolute Gasteiger partial charge is 0.321 e. The summed E-state index contributed by atoms with van der Waals surface area (Å²) in [6.45, 7) is 1.23. The molecule has 118 valence electrons. The van der Waals surface area contributed by atoms with E-state index in [0.29, 0.717) is 18.2 Å². The molecule has 1 aliphatic carbocycles. The third kappa shape index (κ3) is 4.27. The minimum atomic E-state index is -0.247. The number of imidazole rings is 1. The van der Waals surface area contributed by atoms with Gasteiger partial charge in [0.25, 0.3) is 0 Å². The molecule has 0 spiro atoms. The van der Waals surface area contributed by atoms with Crippen molar-refractivity contribution in [3.8, 4) is 0 Å². The number of hydrogen-bond acceptors (Lipinski definition) is 5. The number of nitrogens with one attached hydrogen (secondary N) is 2. The molecule has 2 aromatic heterocycles. The molecule has 3 rings (SSSR count). The van der Waals surface area contributed by atoms with Gasteiger partial charge in [-0.05, 0) is 5.92 Å². The topological polar surface area (TPSA) is 84.7 Å². The van der Waals surface area contributed by atoms with Crippen LogP contribution in [0.15, 0.2) is 18.7 Å². The Hall–Kier alpha value is -1.96. The predicted octanol–water partition coefficient (Wildman–Crippen LogP) is 2.29. The summed E-state index contributed by atoms with van der Waals surface area (Å²) in [6.07, 6.45) is 11.5. The normalized spacial score (nSPS) is 15.1. The summed E-state index contributed by atoms with van der Waals surface area (Å²) >= 11 is 1.47. The molecule has 0 aromatic carbocycles. The van der Waals surface area contributed by atoms with Gasteiger partial charge in [0.2, 0.25) is 5.13 Å². The molecule has 22 heavy (non-hydrogen) atoms. The highest BCUT2D eigenvalue weighted by atomic mass is 32.1. The lowest BCUT2D eigenvalue weighted by Crippen LogP contribution is -2.31. The first-order chi connectivity index (χ1) is 10.8. The number of aromatic nitrogens is 4. The number of nitrogens with zero attached hydrogens (tertiary/aromatic N) is 4. The third-order valence-electron chi connectivity index (χ3n) is 3.84. The first-order valence-corrected chi connectivity index (χ1v) is 8.44. The van der Waals surface area contributed by atoms with Gasteiger partial charge in [-0.2, -0.15) is 0 Å². The van der Waals surface area contributed by atoms with Crippen LogP contribution in [0.1, 0.15) is 30.7 Å².